The van der Waals surface area contributed by atoms with E-state index in [0.29, 0.717) is 4.91 Å². The minimum atomic E-state index is -0.362. The molecule has 1 fully saturated rings. The van der Waals surface area contributed by atoms with Crippen molar-refractivity contribution >= 4 is 51.2 Å². The summed E-state index contributed by atoms with van der Waals surface area (Å²) in [6.07, 6.45) is 3.52. The lowest BCUT2D eigenvalue weighted by molar-refractivity contribution is -0.115. The third kappa shape index (κ3) is 3.24. The Labute approximate surface area is 180 Å². The number of nitrogens with zero attached hydrogens (tertiary/aromatic N) is 2. The van der Waals surface area contributed by atoms with E-state index in [9.17, 15) is 9.59 Å². The molecule has 0 spiro atoms. The van der Waals surface area contributed by atoms with Gasteiger partial charge in [0.15, 0.2) is 0 Å². The van der Waals surface area contributed by atoms with Gasteiger partial charge in [0, 0.05) is 26.9 Å². The highest BCUT2D eigenvalue weighted by molar-refractivity contribution is 8.18. The van der Waals surface area contributed by atoms with Crippen LogP contribution in [0.15, 0.2) is 52.0 Å². The number of carbonyl (C=O) groups excluding carboxylic acids is 2. The van der Waals surface area contributed by atoms with Gasteiger partial charge >= 0.3 is 0 Å². The second-order valence-corrected chi connectivity index (χ2v) is 8.95. The number of carbonyl (C=O) groups is 2. The number of thioether (sulfide) groups is 1. The summed E-state index contributed by atoms with van der Waals surface area (Å²) in [6, 6.07) is 12.0. The molecule has 1 aliphatic heterocycles. The predicted molar refractivity (Wildman–Crippen MR) is 119 cm³/mol. The number of thiophene rings is 1. The van der Waals surface area contributed by atoms with E-state index in [1.165, 1.54) is 0 Å². The smallest absolute Gasteiger partial charge is 0.290 e. The maximum atomic E-state index is 11.9. The first-order chi connectivity index (χ1) is 14.5. The number of imide groups is 1. The first-order valence-corrected chi connectivity index (χ1v) is 10.8. The zero-order chi connectivity index (χ0) is 20.8. The third-order valence-electron chi connectivity index (χ3n) is 4.86. The summed E-state index contributed by atoms with van der Waals surface area (Å²) in [4.78, 5) is 30.4. The molecule has 0 bridgehead atoms. The molecule has 1 N–H and O–H groups in total. The van der Waals surface area contributed by atoms with Gasteiger partial charge < -0.3 is 4.52 Å². The molecule has 148 valence electrons. The van der Waals surface area contributed by atoms with E-state index in [-0.39, 0.29) is 11.1 Å². The minimum absolute atomic E-state index is 0.347. The van der Waals surface area contributed by atoms with Gasteiger partial charge in [-0.3, -0.25) is 19.9 Å². The number of fused-ring (bicyclic) bond motifs is 1. The van der Waals surface area contributed by atoms with Crippen LogP contribution in [0.5, 0.6) is 0 Å². The van der Waals surface area contributed by atoms with Gasteiger partial charge in [-0.1, -0.05) is 11.2 Å². The van der Waals surface area contributed by atoms with Crippen molar-refractivity contribution in [3.05, 3.63) is 64.5 Å². The lowest BCUT2D eigenvalue weighted by Crippen LogP contribution is -2.17. The molecular weight excluding hydrogens is 418 g/mol. The number of aromatic nitrogens is 2. The fourth-order valence-electron chi connectivity index (χ4n) is 3.49. The van der Waals surface area contributed by atoms with E-state index in [4.69, 9.17) is 4.52 Å². The first-order valence-electron chi connectivity index (χ1n) is 9.16. The van der Waals surface area contributed by atoms with Crippen LogP contribution in [0, 0.1) is 13.8 Å². The largest absolute Gasteiger partial charge is 0.361 e. The molecule has 0 aliphatic carbocycles. The zero-order valence-corrected chi connectivity index (χ0v) is 17.7. The Kier molecular flexibility index (Phi) is 4.52. The molecule has 4 aromatic rings. The van der Waals surface area contributed by atoms with Crippen molar-refractivity contribution in [1.82, 2.24) is 15.5 Å². The number of hydrogen-bond acceptors (Lipinski definition) is 7. The van der Waals surface area contributed by atoms with Crippen LogP contribution in [-0.2, 0) is 4.79 Å². The maximum absolute atomic E-state index is 11.9. The molecule has 4 heterocycles. The highest BCUT2D eigenvalue weighted by atomic mass is 32.2. The molecule has 6 nitrogen and oxygen atoms in total. The maximum Gasteiger partial charge on any atom is 0.290 e. The molecule has 5 rings (SSSR count). The van der Waals surface area contributed by atoms with Crippen molar-refractivity contribution in [3.8, 4) is 20.9 Å². The van der Waals surface area contributed by atoms with E-state index < -0.39 is 0 Å². The second-order valence-electron chi connectivity index (χ2n) is 6.85. The van der Waals surface area contributed by atoms with Crippen LogP contribution in [0.2, 0.25) is 0 Å². The summed E-state index contributed by atoms with van der Waals surface area (Å²) >= 11 is 2.58. The SMILES string of the molecule is Cc1noc(C)c1-c1ccc(-c2ccnc3ccc(C=C4SC(=O)NC4=O)cc23)s1. The van der Waals surface area contributed by atoms with E-state index >= 15 is 0 Å². The van der Waals surface area contributed by atoms with Crippen LogP contribution in [-0.4, -0.2) is 21.3 Å². The van der Waals surface area contributed by atoms with Gasteiger partial charge in [0.2, 0.25) is 0 Å². The number of aryl methyl sites for hydroxylation is 2. The van der Waals surface area contributed by atoms with Gasteiger partial charge in [-0.2, -0.15) is 0 Å². The Morgan fingerprint density at radius 3 is 2.63 bits per heavy atom. The molecular formula is C22H15N3O3S2. The lowest BCUT2D eigenvalue weighted by Gasteiger charge is -2.06. The third-order valence-corrected chi connectivity index (χ3v) is 6.80. The van der Waals surface area contributed by atoms with E-state index in [0.717, 1.165) is 60.6 Å². The predicted octanol–water partition coefficient (Wildman–Crippen LogP) is 5.56. The fourth-order valence-corrected chi connectivity index (χ4v) is 5.37. The lowest BCUT2D eigenvalue weighted by atomic mass is 10.0. The molecule has 30 heavy (non-hydrogen) atoms. The standard InChI is InChI=1S/C22H15N3O3S2/c1-11-20(12(2)28-25-11)18-6-5-17(29-18)14-7-8-23-16-4-3-13(9-15(14)16)10-19-21(26)24-22(27)30-19/h3-10H,1-2H3,(H,24,26,27). The highest BCUT2D eigenvalue weighted by Crippen LogP contribution is 2.39. The first kappa shape index (κ1) is 18.8. The topological polar surface area (TPSA) is 85.1 Å². The molecule has 8 heteroatoms. The van der Waals surface area contributed by atoms with Crippen LogP contribution in [0.3, 0.4) is 0 Å². The normalized spacial score (nSPS) is 15.3. The summed E-state index contributed by atoms with van der Waals surface area (Å²) < 4.78 is 5.31. The molecule has 0 saturated carbocycles. The number of hydrogen-bond donors (Lipinski definition) is 1. The monoisotopic (exact) mass is 433 g/mol. The van der Waals surface area contributed by atoms with Crippen LogP contribution in [0.1, 0.15) is 17.0 Å². The van der Waals surface area contributed by atoms with Crippen LogP contribution >= 0.6 is 23.1 Å². The summed E-state index contributed by atoms with van der Waals surface area (Å²) in [5.74, 6) is 0.440. The Hall–Kier alpha value is -3.23. The second kappa shape index (κ2) is 7.23. The molecule has 1 aliphatic rings. The number of rotatable bonds is 3. The molecule has 1 aromatic carbocycles. The van der Waals surface area contributed by atoms with Gasteiger partial charge in [0.25, 0.3) is 11.1 Å². The van der Waals surface area contributed by atoms with Crippen molar-refractivity contribution in [2.75, 3.05) is 0 Å². The van der Waals surface area contributed by atoms with Crippen molar-refractivity contribution in [2.45, 2.75) is 13.8 Å². The van der Waals surface area contributed by atoms with E-state index in [1.807, 2.05) is 38.1 Å². The summed E-state index contributed by atoms with van der Waals surface area (Å²) in [7, 11) is 0. The minimum Gasteiger partial charge on any atom is -0.361 e. The van der Waals surface area contributed by atoms with Gasteiger partial charge in [0.1, 0.15) is 5.76 Å². The van der Waals surface area contributed by atoms with Crippen molar-refractivity contribution in [3.63, 3.8) is 0 Å². The van der Waals surface area contributed by atoms with Gasteiger partial charge in [-0.05, 0) is 67.6 Å². The average molecular weight is 434 g/mol. The summed E-state index contributed by atoms with van der Waals surface area (Å²) in [6.45, 7) is 3.85. The molecule has 1 saturated heterocycles. The Morgan fingerprint density at radius 2 is 1.90 bits per heavy atom. The van der Waals surface area contributed by atoms with E-state index in [2.05, 4.69) is 27.6 Å². The summed E-state index contributed by atoms with van der Waals surface area (Å²) in [5.41, 5.74) is 4.66. The average Bonchev–Trinajstić information content (AvgIpc) is 3.41. The van der Waals surface area contributed by atoms with Gasteiger partial charge in [-0.25, -0.2) is 0 Å². The van der Waals surface area contributed by atoms with Gasteiger partial charge in [-0.15, -0.1) is 11.3 Å². The number of nitrogens with one attached hydrogen (secondary N) is 1. The molecule has 0 atom stereocenters. The Morgan fingerprint density at radius 1 is 1.07 bits per heavy atom. The number of benzene rings is 1. The van der Waals surface area contributed by atoms with E-state index in [1.54, 1.807) is 23.6 Å². The van der Waals surface area contributed by atoms with Crippen molar-refractivity contribution < 1.29 is 14.1 Å². The van der Waals surface area contributed by atoms with Crippen LogP contribution in [0.4, 0.5) is 4.79 Å². The van der Waals surface area contributed by atoms with Crippen molar-refractivity contribution in [1.29, 1.82) is 0 Å². The quantitative estimate of drug-likeness (QED) is 0.426. The summed E-state index contributed by atoms with van der Waals surface area (Å²) in [5, 5.41) is 6.97. The molecule has 0 radical (unpaired) electrons. The molecule has 2 amide bonds. The zero-order valence-electron chi connectivity index (χ0n) is 16.1. The van der Waals surface area contributed by atoms with Crippen molar-refractivity contribution in [2.24, 2.45) is 0 Å². The number of amides is 2. The highest BCUT2D eigenvalue weighted by Gasteiger charge is 2.25. The van der Waals surface area contributed by atoms with Crippen LogP contribution in [0.25, 0.3) is 37.9 Å². The Balaban J connectivity index is 1.59. The number of pyridine rings is 1. The molecule has 3 aromatic heterocycles. The fraction of sp³-hybridized carbons (Fsp3) is 0.0909. The van der Waals surface area contributed by atoms with Crippen LogP contribution < -0.4 is 5.32 Å². The molecule has 0 unspecified atom stereocenters. The Bertz CT molecular complexity index is 1350. The van der Waals surface area contributed by atoms with Gasteiger partial charge in [0.05, 0.1) is 21.7 Å².